The largest absolute Gasteiger partial charge is 0.243 e. The Hall–Kier alpha value is -1.88. The van der Waals surface area contributed by atoms with Crippen LogP contribution in [0.15, 0.2) is 47.3 Å². The fourth-order valence-corrected chi connectivity index (χ4v) is 1.77. The molecule has 0 saturated heterocycles. The molecule has 80 valence electrons. The van der Waals surface area contributed by atoms with E-state index < -0.39 is 0 Å². The summed E-state index contributed by atoms with van der Waals surface area (Å²) >= 11 is 5.94. The number of aromatic nitrogens is 2. The van der Waals surface area contributed by atoms with Crippen molar-refractivity contribution < 1.29 is 0 Å². The van der Waals surface area contributed by atoms with Gasteiger partial charge in [0.1, 0.15) is 6.33 Å². The van der Waals surface area contributed by atoms with Crippen LogP contribution in [-0.4, -0.2) is 9.66 Å². The zero-order valence-electron chi connectivity index (χ0n) is 8.29. The van der Waals surface area contributed by atoms with Crippen LogP contribution in [0.3, 0.4) is 0 Å². The van der Waals surface area contributed by atoms with E-state index in [-0.39, 0.29) is 0 Å². The lowest BCUT2D eigenvalue weighted by molar-refractivity contribution is 0.566. The van der Waals surface area contributed by atoms with Crippen molar-refractivity contribution in [1.82, 2.24) is 9.66 Å². The molecule has 2 heterocycles. The SMILES string of the molecule is Clc1ccc2c(c1)CN(n1ccnc1)N=N2. The number of hydrogen-bond acceptors (Lipinski definition) is 4. The normalized spacial score (nSPS) is 13.9. The first-order valence-electron chi connectivity index (χ1n) is 4.79. The highest BCUT2D eigenvalue weighted by molar-refractivity contribution is 6.30. The van der Waals surface area contributed by atoms with Crippen LogP contribution in [0.4, 0.5) is 5.69 Å². The Kier molecular flexibility index (Phi) is 2.11. The number of nitrogens with zero attached hydrogens (tertiary/aromatic N) is 5. The van der Waals surface area contributed by atoms with Gasteiger partial charge in [-0.15, -0.1) is 5.11 Å². The van der Waals surface area contributed by atoms with Crippen LogP contribution in [0.25, 0.3) is 0 Å². The lowest BCUT2D eigenvalue weighted by Gasteiger charge is -2.22. The van der Waals surface area contributed by atoms with Gasteiger partial charge in [0.15, 0.2) is 0 Å². The Bertz CT molecular complexity index is 534. The Morgan fingerprint density at radius 1 is 1.31 bits per heavy atom. The van der Waals surface area contributed by atoms with Crippen molar-refractivity contribution in [2.45, 2.75) is 6.54 Å². The molecule has 0 unspecified atom stereocenters. The lowest BCUT2D eigenvalue weighted by atomic mass is 10.2. The smallest absolute Gasteiger partial charge is 0.116 e. The molecule has 0 saturated carbocycles. The molecule has 5 nitrogen and oxygen atoms in total. The molecule has 2 aromatic rings. The van der Waals surface area contributed by atoms with E-state index in [4.69, 9.17) is 11.6 Å². The van der Waals surface area contributed by atoms with Crippen molar-refractivity contribution in [3.8, 4) is 0 Å². The van der Waals surface area contributed by atoms with E-state index in [0.29, 0.717) is 11.6 Å². The molecule has 3 rings (SSSR count). The monoisotopic (exact) mass is 233 g/mol. The van der Waals surface area contributed by atoms with Gasteiger partial charge < -0.3 is 0 Å². The van der Waals surface area contributed by atoms with E-state index in [2.05, 4.69) is 15.3 Å². The van der Waals surface area contributed by atoms with Crippen molar-refractivity contribution in [1.29, 1.82) is 0 Å². The van der Waals surface area contributed by atoms with Crippen LogP contribution in [0, 0.1) is 0 Å². The van der Waals surface area contributed by atoms with E-state index in [9.17, 15) is 0 Å². The van der Waals surface area contributed by atoms with Crippen LogP contribution < -0.4 is 5.12 Å². The topological polar surface area (TPSA) is 45.8 Å². The number of benzene rings is 1. The van der Waals surface area contributed by atoms with E-state index >= 15 is 0 Å². The van der Waals surface area contributed by atoms with Gasteiger partial charge >= 0.3 is 0 Å². The molecule has 0 spiro atoms. The molecule has 0 aliphatic carbocycles. The predicted molar refractivity (Wildman–Crippen MR) is 60.1 cm³/mol. The summed E-state index contributed by atoms with van der Waals surface area (Å²) in [5, 5.41) is 10.6. The number of hydrogen-bond donors (Lipinski definition) is 0. The summed E-state index contributed by atoms with van der Waals surface area (Å²) in [5.74, 6) is 0. The molecule has 1 aliphatic rings. The zero-order valence-corrected chi connectivity index (χ0v) is 9.04. The minimum atomic E-state index is 0.635. The third-order valence-corrected chi connectivity index (χ3v) is 2.60. The maximum atomic E-state index is 5.94. The van der Waals surface area contributed by atoms with Gasteiger partial charge in [-0.25, -0.2) is 9.66 Å². The molecule has 0 amide bonds. The molecule has 0 bridgehead atoms. The average molecular weight is 234 g/mol. The van der Waals surface area contributed by atoms with Crippen molar-refractivity contribution in [3.05, 3.63) is 47.5 Å². The highest BCUT2D eigenvalue weighted by Gasteiger charge is 2.14. The summed E-state index contributed by atoms with van der Waals surface area (Å²) < 4.78 is 1.77. The molecule has 0 fully saturated rings. The maximum Gasteiger partial charge on any atom is 0.116 e. The minimum Gasteiger partial charge on any atom is -0.243 e. The van der Waals surface area contributed by atoms with Gasteiger partial charge in [-0.1, -0.05) is 11.6 Å². The summed E-state index contributed by atoms with van der Waals surface area (Å²) in [6.45, 7) is 0.635. The van der Waals surface area contributed by atoms with Crippen molar-refractivity contribution in [2.24, 2.45) is 10.3 Å². The van der Waals surface area contributed by atoms with Crippen molar-refractivity contribution in [3.63, 3.8) is 0 Å². The standard InChI is InChI=1S/C10H8ClN5/c11-9-1-2-10-8(5-9)6-16(14-13-10)15-4-3-12-7-15/h1-5,7H,6H2. The van der Waals surface area contributed by atoms with E-state index in [1.165, 1.54) is 0 Å². The molecular formula is C10H8ClN5. The molecule has 0 atom stereocenters. The molecule has 0 N–H and O–H groups in total. The van der Waals surface area contributed by atoms with Crippen LogP contribution in [-0.2, 0) is 6.54 Å². The van der Waals surface area contributed by atoms with Crippen LogP contribution in [0.1, 0.15) is 5.56 Å². The number of rotatable bonds is 1. The number of halogens is 1. The summed E-state index contributed by atoms with van der Waals surface area (Å²) in [5.41, 5.74) is 1.91. The van der Waals surface area contributed by atoms with Gasteiger partial charge in [-0.2, -0.15) is 5.12 Å². The van der Waals surface area contributed by atoms with Gasteiger partial charge in [-0.3, -0.25) is 0 Å². The third kappa shape index (κ3) is 1.55. The molecule has 0 radical (unpaired) electrons. The van der Waals surface area contributed by atoms with Crippen LogP contribution in [0.2, 0.25) is 5.02 Å². The maximum absolute atomic E-state index is 5.94. The summed E-state index contributed by atoms with van der Waals surface area (Å²) in [6, 6.07) is 5.58. The van der Waals surface area contributed by atoms with Gasteiger partial charge in [0.05, 0.1) is 12.2 Å². The second-order valence-electron chi connectivity index (χ2n) is 3.44. The van der Waals surface area contributed by atoms with E-state index in [1.54, 1.807) is 22.3 Å². The highest BCUT2D eigenvalue weighted by Crippen LogP contribution is 2.28. The number of imidazole rings is 1. The van der Waals surface area contributed by atoms with Crippen molar-refractivity contribution in [2.75, 3.05) is 5.12 Å². The Balaban J connectivity index is 1.97. The molecule has 1 aromatic carbocycles. The molecule has 1 aliphatic heterocycles. The molecule has 16 heavy (non-hydrogen) atoms. The van der Waals surface area contributed by atoms with Gasteiger partial charge in [-0.05, 0) is 23.4 Å². The van der Waals surface area contributed by atoms with Gasteiger partial charge in [0.25, 0.3) is 0 Å². The second kappa shape index (κ2) is 3.61. The van der Waals surface area contributed by atoms with Gasteiger partial charge in [0.2, 0.25) is 0 Å². The van der Waals surface area contributed by atoms with Crippen LogP contribution in [0.5, 0.6) is 0 Å². The van der Waals surface area contributed by atoms with Crippen LogP contribution >= 0.6 is 11.6 Å². The quantitative estimate of drug-likeness (QED) is 0.760. The average Bonchev–Trinajstić information content (AvgIpc) is 2.81. The second-order valence-corrected chi connectivity index (χ2v) is 3.87. The first-order chi connectivity index (χ1) is 7.83. The summed E-state index contributed by atoms with van der Waals surface area (Å²) in [6.07, 6.45) is 5.19. The minimum absolute atomic E-state index is 0.635. The molecule has 1 aromatic heterocycles. The molecule has 6 heteroatoms. The number of fused-ring (bicyclic) bond motifs is 1. The summed E-state index contributed by atoms with van der Waals surface area (Å²) in [4.78, 5) is 3.96. The third-order valence-electron chi connectivity index (χ3n) is 2.37. The van der Waals surface area contributed by atoms with E-state index in [0.717, 1.165) is 11.3 Å². The fraction of sp³-hybridized carbons (Fsp3) is 0.100. The summed E-state index contributed by atoms with van der Waals surface area (Å²) in [7, 11) is 0. The van der Waals surface area contributed by atoms with Gasteiger partial charge in [0, 0.05) is 23.0 Å². The zero-order chi connectivity index (χ0) is 11.0. The highest BCUT2D eigenvalue weighted by atomic mass is 35.5. The van der Waals surface area contributed by atoms with Crippen molar-refractivity contribution >= 4 is 17.3 Å². The Morgan fingerprint density at radius 2 is 2.25 bits per heavy atom. The lowest BCUT2D eigenvalue weighted by Crippen LogP contribution is -2.28. The predicted octanol–water partition coefficient (Wildman–Crippen LogP) is 2.69. The first-order valence-corrected chi connectivity index (χ1v) is 5.16. The Morgan fingerprint density at radius 3 is 3.06 bits per heavy atom. The fourth-order valence-electron chi connectivity index (χ4n) is 1.58. The molecular weight excluding hydrogens is 226 g/mol. The Labute approximate surface area is 96.9 Å². The first kappa shape index (κ1) is 9.35. The van der Waals surface area contributed by atoms with E-state index in [1.807, 2.05) is 24.4 Å².